The van der Waals surface area contributed by atoms with Gasteiger partial charge in [0.15, 0.2) is 0 Å². The molecule has 1 aromatic rings. The van der Waals surface area contributed by atoms with Crippen LogP contribution >= 0.6 is 0 Å². The molecule has 0 saturated carbocycles. The predicted octanol–water partition coefficient (Wildman–Crippen LogP) is -0.636. The topological polar surface area (TPSA) is 118 Å². The molecule has 0 unspecified atom stereocenters. The van der Waals surface area contributed by atoms with Crippen LogP contribution in [-0.2, 0) is 20.0 Å². The summed E-state index contributed by atoms with van der Waals surface area (Å²) in [6.07, 6.45) is 1.40. The van der Waals surface area contributed by atoms with Crippen molar-refractivity contribution in [2.45, 2.75) is 28.7 Å². The third-order valence-electron chi connectivity index (χ3n) is 3.11. The SMILES string of the molecule is NS(=O)(=O)c1cccc(S(=O)(=O)NC2CCNCC2)c1. The number of benzene rings is 1. The molecule has 1 aliphatic rings. The Morgan fingerprint density at radius 1 is 1.10 bits per heavy atom. The lowest BCUT2D eigenvalue weighted by Crippen LogP contribution is -2.42. The van der Waals surface area contributed by atoms with Crippen molar-refractivity contribution in [1.82, 2.24) is 10.0 Å². The summed E-state index contributed by atoms with van der Waals surface area (Å²) < 4.78 is 49.5. The fraction of sp³-hybridized carbons (Fsp3) is 0.455. The smallest absolute Gasteiger partial charge is 0.240 e. The molecule has 112 valence electrons. The standard InChI is InChI=1S/C11H17N3O4S2/c12-19(15,16)10-2-1-3-11(8-10)20(17,18)14-9-4-6-13-7-5-9/h1-3,8-9,13-14H,4-7H2,(H2,12,15,16). The van der Waals surface area contributed by atoms with Crippen molar-refractivity contribution in [3.05, 3.63) is 24.3 Å². The van der Waals surface area contributed by atoms with Crippen LogP contribution in [0.15, 0.2) is 34.1 Å². The lowest BCUT2D eigenvalue weighted by Gasteiger charge is -2.23. The van der Waals surface area contributed by atoms with Crippen LogP contribution in [-0.4, -0.2) is 36.0 Å². The van der Waals surface area contributed by atoms with Crippen molar-refractivity contribution in [3.63, 3.8) is 0 Å². The number of nitrogens with one attached hydrogen (secondary N) is 2. The van der Waals surface area contributed by atoms with Crippen molar-refractivity contribution in [1.29, 1.82) is 0 Å². The second kappa shape index (κ2) is 5.78. The average Bonchev–Trinajstić information content (AvgIpc) is 2.38. The first kappa shape index (κ1) is 15.4. The predicted molar refractivity (Wildman–Crippen MR) is 74.0 cm³/mol. The summed E-state index contributed by atoms with van der Waals surface area (Å²) in [5.41, 5.74) is 0. The summed E-state index contributed by atoms with van der Waals surface area (Å²) in [6, 6.07) is 4.89. The number of piperidine rings is 1. The van der Waals surface area contributed by atoms with Crippen LogP contribution in [0.25, 0.3) is 0 Å². The molecule has 1 saturated heterocycles. The van der Waals surface area contributed by atoms with Crippen LogP contribution in [0, 0.1) is 0 Å². The van der Waals surface area contributed by atoms with Gasteiger partial charge in [0, 0.05) is 6.04 Å². The fourth-order valence-electron chi connectivity index (χ4n) is 2.05. The van der Waals surface area contributed by atoms with Crippen molar-refractivity contribution in [3.8, 4) is 0 Å². The summed E-state index contributed by atoms with van der Waals surface area (Å²) in [6.45, 7) is 1.51. The van der Waals surface area contributed by atoms with Gasteiger partial charge in [-0.2, -0.15) is 0 Å². The van der Waals surface area contributed by atoms with E-state index in [4.69, 9.17) is 5.14 Å². The van der Waals surface area contributed by atoms with Crippen molar-refractivity contribution >= 4 is 20.0 Å². The van der Waals surface area contributed by atoms with E-state index in [9.17, 15) is 16.8 Å². The molecule has 0 bridgehead atoms. The van der Waals surface area contributed by atoms with E-state index in [0.717, 1.165) is 19.2 Å². The van der Waals surface area contributed by atoms with E-state index in [-0.39, 0.29) is 15.8 Å². The maximum absolute atomic E-state index is 12.2. The minimum absolute atomic E-state index is 0.0949. The Bertz CT molecular complexity index is 679. The van der Waals surface area contributed by atoms with Gasteiger partial charge in [-0.05, 0) is 44.1 Å². The quantitative estimate of drug-likeness (QED) is 0.682. The van der Waals surface area contributed by atoms with Crippen LogP contribution < -0.4 is 15.2 Å². The van der Waals surface area contributed by atoms with E-state index >= 15 is 0 Å². The number of hydrogen-bond acceptors (Lipinski definition) is 5. The van der Waals surface area contributed by atoms with E-state index in [0.29, 0.717) is 12.8 Å². The Balaban J connectivity index is 2.25. The van der Waals surface area contributed by atoms with Crippen molar-refractivity contribution in [2.24, 2.45) is 5.14 Å². The third-order valence-corrected chi connectivity index (χ3v) is 5.53. The Kier molecular flexibility index (Phi) is 4.45. The summed E-state index contributed by atoms with van der Waals surface area (Å²) >= 11 is 0. The molecule has 0 atom stereocenters. The highest BCUT2D eigenvalue weighted by molar-refractivity contribution is 7.90. The van der Waals surface area contributed by atoms with Crippen molar-refractivity contribution in [2.75, 3.05) is 13.1 Å². The van der Waals surface area contributed by atoms with Crippen LogP contribution in [0.3, 0.4) is 0 Å². The molecule has 4 N–H and O–H groups in total. The van der Waals surface area contributed by atoms with Gasteiger partial charge in [0.2, 0.25) is 20.0 Å². The fourth-order valence-corrected chi connectivity index (χ4v) is 4.03. The normalized spacial score (nSPS) is 18.1. The number of nitrogens with two attached hydrogens (primary N) is 1. The van der Waals surface area contributed by atoms with E-state index in [1.54, 1.807) is 0 Å². The minimum atomic E-state index is -3.92. The number of hydrogen-bond donors (Lipinski definition) is 3. The highest BCUT2D eigenvalue weighted by Gasteiger charge is 2.22. The van der Waals surface area contributed by atoms with Gasteiger partial charge >= 0.3 is 0 Å². The van der Waals surface area contributed by atoms with Crippen LogP contribution in [0.5, 0.6) is 0 Å². The molecule has 2 rings (SSSR count). The molecule has 0 amide bonds. The number of primary sulfonamides is 1. The third kappa shape index (κ3) is 3.76. The highest BCUT2D eigenvalue weighted by Crippen LogP contribution is 2.16. The Labute approximate surface area is 118 Å². The summed E-state index contributed by atoms with van der Waals surface area (Å²) in [5.74, 6) is 0. The maximum atomic E-state index is 12.2. The first-order chi connectivity index (χ1) is 9.29. The van der Waals surface area contributed by atoms with Crippen LogP contribution in [0.2, 0.25) is 0 Å². The first-order valence-electron chi connectivity index (χ1n) is 6.15. The number of sulfonamides is 2. The van der Waals surface area contributed by atoms with Gasteiger partial charge in [-0.25, -0.2) is 26.7 Å². The van der Waals surface area contributed by atoms with Crippen LogP contribution in [0.1, 0.15) is 12.8 Å². The zero-order chi connectivity index (χ0) is 14.8. The van der Waals surface area contributed by atoms with Gasteiger partial charge < -0.3 is 5.32 Å². The molecular weight excluding hydrogens is 302 g/mol. The molecule has 9 heteroatoms. The molecule has 7 nitrogen and oxygen atoms in total. The minimum Gasteiger partial charge on any atom is -0.317 e. The van der Waals surface area contributed by atoms with Gasteiger partial charge in [-0.1, -0.05) is 6.07 Å². The lowest BCUT2D eigenvalue weighted by atomic mass is 10.1. The van der Waals surface area contributed by atoms with Gasteiger partial charge in [-0.3, -0.25) is 0 Å². The zero-order valence-electron chi connectivity index (χ0n) is 10.7. The molecule has 1 aromatic carbocycles. The Morgan fingerprint density at radius 2 is 1.70 bits per heavy atom. The van der Waals surface area contributed by atoms with E-state index in [2.05, 4.69) is 10.0 Å². The van der Waals surface area contributed by atoms with Gasteiger partial charge in [-0.15, -0.1) is 0 Å². The van der Waals surface area contributed by atoms with E-state index in [1.807, 2.05) is 0 Å². The molecule has 1 aliphatic heterocycles. The molecule has 0 aromatic heterocycles. The molecular formula is C11H17N3O4S2. The molecule has 0 radical (unpaired) electrons. The van der Waals surface area contributed by atoms with E-state index in [1.165, 1.54) is 18.2 Å². The summed E-state index contributed by atoms with van der Waals surface area (Å²) in [7, 11) is -7.66. The monoisotopic (exact) mass is 319 g/mol. The molecule has 1 heterocycles. The van der Waals surface area contributed by atoms with Gasteiger partial charge in [0.05, 0.1) is 9.79 Å². The van der Waals surface area contributed by atoms with Crippen molar-refractivity contribution < 1.29 is 16.8 Å². The molecule has 0 spiro atoms. The summed E-state index contributed by atoms with van der Waals surface area (Å²) in [5, 5.41) is 8.14. The lowest BCUT2D eigenvalue weighted by molar-refractivity contribution is 0.427. The molecule has 0 aliphatic carbocycles. The second-order valence-electron chi connectivity index (χ2n) is 4.67. The average molecular weight is 319 g/mol. The first-order valence-corrected chi connectivity index (χ1v) is 9.18. The molecule has 20 heavy (non-hydrogen) atoms. The second-order valence-corrected chi connectivity index (χ2v) is 7.94. The maximum Gasteiger partial charge on any atom is 0.240 e. The van der Waals surface area contributed by atoms with Crippen LogP contribution in [0.4, 0.5) is 0 Å². The van der Waals surface area contributed by atoms with E-state index < -0.39 is 20.0 Å². The molecule has 1 fully saturated rings. The Morgan fingerprint density at radius 3 is 2.30 bits per heavy atom. The Hall–Kier alpha value is -1.00. The largest absolute Gasteiger partial charge is 0.317 e. The summed E-state index contributed by atoms with van der Waals surface area (Å²) in [4.78, 5) is -0.312. The van der Waals surface area contributed by atoms with Gasteiger partial charge in [0.1, 0.15) is 0 Å². The number of rotatable bonds is 4. The zero-order valence-corrected chi connectivity index (χ0v) is 12.4. The van der Waals surface area contributed by atoms with Gasteiger partial charge in [0.25, 0.3) is 0 Å². The highest BCUT2D eigenvalue weighted by atomic mass is 32.2.